The molecule has 0 amide bonds. The summed E-state index contributed by atoms with van der Waals surface area (Å²) in [5, 5.41) is 0.663. The minimum Gasteiger partial charge on any atom is -0.465 e. The number of nitrogens with two attached hydrogens (primary N) is 1. The number of nitrogen functional groups attached to an aromatic ring is 1. The normalized spacial score (nSPS) is 10.7. The third-order valence-electron chi connectivity index (χ3n) is 2.30. The Bertz CT molecular complexity index is 574. The molecule has 0 atom stereocenters. The van der Waals surface area contributed by atoms with Gasteiger partial charge in [-0.15, -0.1) is 0 Å². The van der Waals surface area contributed by atoms with Gasteiger partial charge in [-0.25, -0.2) is 4.79 Å². The van der Waals surface area contributed by atoms with E-state index in [1.54, 1.807) is 12.1 Å². The molecule has 1 aromatic carbocycles. The van der Waals surface area contributed by atoms with E-state index in [1.807, 2.05) is 6.92 Å². The van der Waals surface area contributed by atoms with E-state index in [1.165, 1.54) is 7.11 Å². The molecule has 4 nitrogen and oxygen atoms in total. The lowest BCUT2D eigenvalue weighted by Crippen LogP contribution is -2.06. The molecule has 0 saturated heterocycles. The summed E-state index contributed by atoms with van der Waals surface area (Å²) in [6, 6.07) is 3.40. The molecule has 0 aliphatic rings. The molecule has 2 rings (SSSR count). The van der Waals surface area contributed by atoms with E-state index in [0.29, 0.717) is 28.0 Å². The number of fused-ring (bicyclic) bond motifs is 1. The molecule has 0 spiro atoms. The van der Waals surface area contributed by atoms with Crippen LogP contribution in [0, 0.1) is 6.92 Å². The Labute approximate surface area is 100 Å². The van der Waals surface area contributed by atoms with Crippen molar-refractivity contribution in [2.75, 3.05) is 12.8 Å². The van der Waals surface area contributed by atoms with Gasteiger partial charge in [-0.1, -0.05) is 0 Å². The number of methoxy groups -OCH3 is 1. The molecule has 2 N–H and O–H groups in total. The number of rotatable bonds is 1. The highest BCUT2D eigenvalue weighted by Gasteiger charge is 2.19. The van der Waals surface area contributed by atoms with Gasteiger partial charge in [0.1, 0.15) is 11.3 Å². The summed E-state index contributed by atoms with van der Waals surface area (Å²) in [5.41, 5.74) is 7.12. The number of carbonyl (C=O) groups is 1. The van der Waals surface area contributed by atoms with Crippen molar-refractivity contribution in [2.24, 2.45) is 0 Å². The SMILES string of the molecule is COC(=O)c1c(N)cc(Br)c2oc(C)cc12. The number of hydrogen-bond acceptors (Lipinski definition) is 4. The zero-order chi connectivity index (χ0) is 11.9. The molecule has 5 heteroatoms. The standard InChI is InChI=1S/C11H10BrNO3/c1-5-3-6-9(11(14)15-2)8(13)4-7(12)10(6)16-5/h3-4H,13H2,1-2H3. The van der Waals surface area contributed by atoms with Crippen LogP contribution in [0.4, 0.5) is 5.69 Å². The lowest BCUT2D eigenvalue weighted by atomic mass is 10.1. The van der Waals surface area contributed by atoms with Crippen LogP contribution in [0.5, 0.6) is 0 Å². The number of hydrogen-bond donors (Lipinski definition) is 1. The van der Waals surface area contributed by atoms with Crippen LogP contribution in [0.2, 0.25) is 0 Å². The molecule has 0 aliphatic heterocycles. The van der Waals surface area contributed by atoms with E-state index in [2.05, 4.69) is 15.9 Å². The van der Waals surface area contributed by atoms with Crippen LogP contribution in [-0.4, -0.2) is 13.1 Å². The van der Waals surface area contributed by atoms with Gasteiger partial charge in [-0.2, -0.15) is 0 Å². The number of esters is 1. The summed E-state index contributed by atoms with van der Waals surface area (Å²) >= 11 is 3.34. The number of carbonyl (C=O) groups excluding carboxylic acids is 1. The van der Waals surface area contributed by atoms with E-state index in [0.717, 1.165) is 4.47 Å². The fourth-order valence-corrected chi connectivity index (χ4v) is 2.18. The Morgan fingerprint density at radius 1 is 1.50 bits per heavy atom. The fourth-order valence-electron chi connectivity index (χ4n) is 1.64. The molecule has 1 aromatic heterocycles. The summed E-state index contributed by atoms with van der Waals surface area (Å²) in [6.45, 7) is 1.81. The number of benzene rings is 1. The maximum absolute atomic E-state index is 11.6. The van der Waals surface area contributed by atoms with Gasteiger partial charge in [0, 0.05) is 11.1 Å². The zero-order valence-electron chi connectivity index (χ0n) is 8.83. The average Bonchev–Trinajstić information content (AvgIpc) is 2.59. The van der Waals surface area contributed by atoms with E-state index in [9.17, 15) is 4.79 Å². The Hall–Kier alpha value is -1.49. The molecule has 0 saturated carbocycles. The van der Waals surface area contributed by atoms with Gasteiger partial charge in [0.15, 0.2) is 0 Å². The average molecular weight is 284 g/mol. The van der Waals surface area contributed by atoms with Crippen molar-refractivity contribution in [1.29, 1.82) is 0 Å². The second-order valence-electron chi connectivity index (χ2n) is 3.41. The molecule has 84 valence electrons. The Kier molecular flexibility index (Phi) is 2.63. The Morgan fingerprint density at radius 3 is 2.81 bits per heavy atom. The molecule has 16 heavy (non-hydrogen) atoms. The van der Waals surface area contributed by atoms with Gasteiger partial charge in [0.2, 0.25) is 0 Å². The van der Waals surface area contributed by atoms with Crippen molar-refractivity contribution in [2.45, 2.75) is 6.92 Å². The van der Waals surface area contributed by atoms with E-state index in [-0.39, 0.29) is 0 Å². The zero-order valence-corrected chi connectivity index (χ0v) is 10.4. The van der Waals surface area contributed by atoms with Crippen molar-refractivity contribution in [3.05, 3.63) is 27.9 Å². The van der Waals surface area contributed by atoms with E-state index >= 15 is 0 Å². The minimum atomic E-state index is -0.462. The van der Waals surface area contributed by atoms with E-state index < -0.39 is 5.97 Å². The van der Waals surface area contributed by atoms with Crippen LogP contribution in [0.15, 0.2) is 21.0 Å². The summed E-state index contributed by atoms with van der Waals surface area (Å²) < 4.78 is 10.9. The third kappa shape index (κ3) is 1.57. The van der Waals surface area contributed by atoms with Crippen molar-refractivity contribution in [3.63, 3.8) is 0 Å². The number of anilines is 1. The maximum atomic E-state index is 11.6. The Balaban J connectivity index is 2.86. The molecular formula is C11H10BrNO3. The van der Waals surface area contributed by atoms with Crippen LogP contribution in [0.25, 0.3) is 11.0 Å². The molecule has 0 fully saturated rings. The first-order valence-corrected chi connectivity index (χ1v) is 5.40. The summed E-state index contributed by atoms with van der Waals surface area (Å²) in [7, 11) is 1.32. The fraction of sp³-hybridized carbons (Fsp3) is 0.182. The van der Waals surface area contributed by atoms with Crippen molar-refractivity contribution >= 4 is 38.6 Å². The monoisotopic (exact) mass is 283 g/mol. The summed E-state index contributed by atoms with van der Waals surface area (Å²) in [6.07, 6.45) is 0. The predicted octanol–water partition coefficient (Wildman–Crippen LogP) is 2.87. The molecule has 0 radical (unpaired) electrons. The predicted molar refractivity (Wildman–Crippen MR) is 64.4 cm³/mol. The molecule has 0 unspecified atom stereocenters. The molecular weight excluding hydrogens is 274 g/mol. The number of aryl methyl sites for hydroxylation is 1. The molecule has 0 bridgehead atoms. The lowest BCUT2D eigenvalue weighted by Gasteiger charge is -2.05. The number of furan rings is 1. The van der Waals surface area contributed by atoms with Crippen LogP contribution < -0.4 is 5.73 Å². The summed E-state index contributed by atoms with van der Waals surface area (Å²) in [5.74, 6) is 0.252. The van der Waals surface area contributed by atoms with Crippen molar-refractivity contribution in [1.82, 2.24) is 0 Å². The highest BCUT2D eigenvalue weighted by Crippen LogP contribution is 2.34. The topological polar surface area (TPSA) is 65.5 Å². The first kappa shape index (κ1) is 11.0. The molecule has 1 heterocycles. The smallest absolute Gasteiger partial charge is 0.340 e. The molecule has 0 aliphatic carbocycles. The van der Waals surface area contributed by atoms with Crippen LogP contribution >= 0.6 is 15.9 Å². The van der Waals surface area contributed by atoms with Gasteiger partial charge in [0.25, 0.3) is 0 Å². The summed E-state index contributed by atoms with van der Waals surface area (Å²) in [4.78, 5) is 11.6. The van der Waals surface area contributed by atoms with Crippen molar-refractivity contribution < 1.29 is 13.9 Å². The Morgan fingerprint density at radius 2 is 2.19 bits per heavy atom. The second kappa shape index (κ2) is 3.83. The van der Waals surface area contributed by atoms with E-state index in [4.69, 9.17) is 14.9 Å². The number of halogens is 1. The minimum absolute atomic E-state index is 0.345. The van der Waals surface area contributed by atoms with Crippen LogP contribution in [0.3, 0.4) is 0 Å². The maximum Gasteiger partial charge on any atom is 0.340 e. The first-order valence-electron chi connectivity index (χ1n) is 4.61. The highest BCUT2D eigenvalue weighted by atomic mass is 79.9. The van der Waals surface area contributed by atoms with Gasteiger partial charge in [-0.3, -0.25) is 0 Å². The molecule has 2 aromatic rings. The largest absolute Gasteiger partial charge is 0.465 e. The van der Waals surface area contributed by atoms with Gasteiger partial charge in [-0.05, 0) is 35.0 Å². The van der Waals surface area contributed by atoms with Crippen LogP contribution in [-0.2, 0) is 4.74 Å². The van der Waals surface area contributed by atoms with Gasteiger partial charge in [0.05, 0.1) is 17.1 Å². The lowest BCUT2D eigenvalue weighted by molar-refractivity contribution is 0.0604. The van der Waals surface area contributed by atoms with Gasteiger partial charge >= 0.3 is 5.97 Å². The third-order valence-corrected chi connectivity index (χ3v) is 2.89. The van der Waals surface area contributed by atoms with Gasteiger partial charge < -0.3 is 14.9 Å². The number of ether oxygens (including phenoxy) is 1. The first-order chi connectivity index (χ1) is 7.54. The second-order valence-corrected chi connectivity index (χ2v) is 4.27. The van der Waals surface area contributed by atoms with Crippen LogP contribution in [0.1, 0.15) is 16.1 Å². The quantitative estimate of drug-likeness (QED) is 0.646. The highest BCUT2D eigenvalue weighted by molar-refractivity contribution is 9.10. The van der Waals surface area contributed by atoms with Crippen molar-refractivity contribution in [3.8, 4) is 0 Å².